The van der Waals surface area contributed by atoms with Crippen LogP contribution < -0.4 is 10.1 Å². The molecule has 8 heteroatoms. The van der Waals surface area contributed by atoms with Gasteiger partial charge in [0.25, 0.3) is 11.6 Å². The highest BCUT2D eigenvalue weighted by molar-refractivity contribution is 5.94. The standard InChI is InChI=1S/C21H26N2O6/c1-28-18-3-2-16(23(26)27)7-17(18)20(25)29-11-19(24)22-12-21-8-13-4-14(9-21)6-15(5-13)10-21/h2-3,7,13-15H,4-6,8-12H2,1H3,(H,22,24). The van der Waals surface area contributed by atoms with E-state index in [9.17, 15) is 19.7 Å². The van der Waals surface area contributed by atoms with Crippen molar-refractivity contribution in [3.8, 4) is 5.75 Å². The first-order chi connectivity index (χ1) is 13.9. The molecule has 0 heterocycles. The van der Waals surface area contributed by atoms with E-state index in [0.29, 0.717) is 6.54 Å². The number of nitrogens with one attached hydrogen (secondary N) is 1. The molecule has 0 saturated heterocycles. The highest BCUT2D eigenvalue weighted by atomic mass is 16.6. The number of non-ortho nitro benzene ring substituents is 1. The molecular formula is C21H26N2O6. The number of amides is 1. The number of methoxy groups -OCH3 is 1. The van der Waals surface area contributed by atoms with Gasteiger partial charge in [0, 0.05) is 18.7 Å². The van der Waals surface area contributed by atoms with Crippen LogP contribution in [0.5, 0.6) is 5.75 Å². The van der Waals surface area contributed by atoms with Gasteiger partial charge in [-0.15, -0.1) is 0 Å². The molecule has 4 bridgehead atoms. The second kappa shape index (κ2) is 7.65. The molecule has 0 atom stereocenters. The smallest absolute Gasteiger partial charge is 0.342 e. The molecule has 0 unspecified atom stereocenters. The number of esters is 1. The van der Waals surface area contributed by atoms with E-state index in [1.165, 1.54) is 57.8 Å². The van der Waals surface area contributed by atoms with E-state index in [1.54, 1.807) is 0 Å². The van der Waals surface area contributed by atoms with E-state index < -0.39 is 17.5 Å². The van der Waals surface area contributed by atoms with Crippen LogP contribution in [0, 0.1) is 33.3 Å². The molecule has 5 rings (SSSR count). The molecule has 4 aliphatic rings. The molecule has 8 nitrogen and oxygen atoms in total. The Morgan fingerprint density at radius 2 is 1.79 bits per heavy atom. The van der Waals surface area contributed by atoms with Gasteiger partial charge in [0.2, 0.25) is 0 Å². The van der Waals surface area contributed by atoms with E-state index >= 15 is 0 Å². The molecule has 0 radical (unpaired) electrons. The summed E-state index contributed by atoms with van der Waals surface area (Å²) in [4.78, 5) is 34.9. The minimum atomic E-state index is -0.824. The Balaban J connectivity index is 1.31. The number of ether oxygens (including phenoxy) is 2. The second-order valence-electron chi connectivity index (χ2n) is 8.91. The zero-order valence-electron chi connectivity index (χ0n) is 16.5. The molecule has 156 valence electrons. The Kier molecular flexibility index (Phi) is 5.19. The van der Waals surface area contributed by atoms with Crippen LogP contribution in [0.25, 0.3) is 0 Å². The lowest BCUT2D eigenvalue weighted by molar-refractivity contribution is -0.384. The first-order valence-corrected chi connectivity index (χ1v) is 10.1. The molecule has 0 spiro atoms. The molecule has 1 aromatic carbocycles. The number of nitrogens with zero attached hydrogens (tertiary/aromatic N) is 1. The number of hydrogen-bond donors (Lipinski definition) is 1. The number of nitro benzene ring substituents is 1. The van der Waals surface area contributed by atoms with Crippen molar-refractivity contribution in [2.75, 3.05) is 20.3 Å². The van der Waals surface area contributed by atoms with Crippen molar-refractivity contribution in [2.45, 2.75) is 38.5 Å². The average Bonchev–Trinajstić information content (AvgIpc) is 2.69. The quantitative estimate of drug-likeness (QED) is 0.427. The van der Waals surface area contributed by atoms with Crippen LogP contribution in [0.15, 0.2) is 18.2 Å². The van der Waals surface area contributed by atoms with Crippen LogP contribution in [-0.2, 0) is 9.53 Å². The third kappa shape index (κ3) is 4.06. The van der Waals surface area contributed by atoms with Crippen LogP contribution in [0.1, 0.15) is 48.9 Å². The summed E-state index contributed by atoms with van der Waals surface area (Å²) in [5.74, 6) is 1.40. The number of rotatable bonds is 7. The van der Waals surface area contributed by atoms with Crippen LogP contribution in [0.2, 0.25) is 0 Å². The zero-order valence-corrected chi connectivity index (χ0v) is 16.5. The monoisotopic (exact) mass is 402 g/mol. The van der Waals surface area contributed by atoms with Gasteiger partial charge in [-0.2, -0.15) is 0 Å². The van der Waals surface area contributed by atoms with Gasteiger partial charge in [0.05, 0.1) is 12.0 Å². The summed E-state index contributed by atoms with van der Waals surface area (Å²) in [6.07, 6.45) is 7.58. The number of carbonyl (C=O) groups is 2. The van der Waals surface area contributed by atoms with Crippen molar-refractivity contribution < 1.29 is 24.0 Å². The molecule has 29 heavy (non-hydrogen) atoms. The van der Waals surface area contributed by atoms with Crippen molar-refractivity contribution in [2.24, 2.45) is 23.2 Å². The Morgan fingerprint density at radius 3 is 2.34 bits per heavy atom. The Labute approximate surface area is 169 Å². The highest BCUT2D eigenvalue weighted by Crippen LogP contribution is 2.59. The molecule has 4 saturated carbocycles. The average molecular weight is 402 g/mol. The number of hydrogen-bond acceptors (Lipinski definition) is 6. The molecule has 1 amide bonds. The van der Waals surface area contributed by atoms with Crippen molar-refractivity contribution >= 4 is 17.6 Å². The number of benzene rings is 1. The van der Waals surface area contributed by atoms with Gasteiger partial charge in [-0.1, -0.05) is 0 Å². The summed E-state index contributed by atoms with van der Waals surface area (Å²) in [5.41, 5.74) is -0.114. The third-order valence-corrected chi connectivity index (χ3v) is 6.77. The van der Waals surface area contributed by atoms with Crippen LogP contribution in [-0.4, -0.2) is 37.1 Å². The maximum Gasteiger partial charge on any atom is 0.342 e. The predicted molar refractivity (Wildman–Crippen MR) is 104 cm³/mol. The minimum absolute atomic E-state index is 0.0735. The van der Waals surface area contributed by atoms with Gasteiger partial charge < -0.3 is 14.8 Å². The molecule has 4 aliphatic carbocycles. The van der Waals surface area contributed by atoms with Gasteiger partial charge in [-0.25, -0.2) is 4.79 Å². The predicted octanol–water partition coefficient (Wildman–Crippen LogP) is 3.09. The van der Waals surface area contributed by atoms with Crippen LogP contribution in [0.4, 0.5) is 5.69 Å². The van der Waals surface area contributed by atoms with E-state index in [1.807, 2.05) is 0 Å². The Morgan fingerprint density at radius 1 is 1.17 bits per heavy atom. The van der Waals surface area contributed by atoms with Gasteiger partial charge in [-0.3, -0.25) is 14.9 Å². The largest absolute Gasteiger partial charge is 0.496 e. The molecule has 0 aliphatic heterocycles. The maximum atomic E-state index is 12.3. The second-order valence-corrected chi connectivity index (χ2v) is 8.91. The van der Waals surface area contributed by atoms with E-state index in [0.717, 1.165) is 23.8 Å². The van der Waals surface area contributed by atoms with Crippen molar-refractivity contribution in [1.82, 2.24) is 5.32 Å². The fourth-order valence-electron chi connectivity index (χ4n) is 6.02. The van der Waals surface area contributed by atoms with Gasteiger partial charge in [0.15, 0.2) is 6.61 Å². The lowest BCUT2D eigenvalue weighted by atomic mass is 9.49. The van der Waals surface area contributed by atoms with Crippen molar-refractivity contribution in [3.05, 3.63) is 33.9 Å². The van der Waals surface area contributed by atoms with Crippen molar-refractivity contribution in [3.63, 3.8) is 0 Å². The molecular weight excluding hydrogens is 376 g/mol. The number of carbonyl (C=O) groups excluding carboxylic acids is 2. The topological polar surface area (TPSA) is 108 Å². The minimum Gasteiger partial charge on any atom is -0.496 e. The van der Waals surface area contributed by atoms with E-state index in [-0.39, 0.29) is 28.3 Å². The molecule has 4 fully saturated rings. The summed E-state index contributed by atoms with van der Waals surface area (Å²) in [7, 11) is 1.36. The summed E-state index contributed by atoms with van der Waals surface area (Å²) >= 11 is 0. The lowest BCUT2D eigenvalue weighted by Crippen LogP contribution is -2.51. The summed E-state index contributed by atoms with van der Waals surface area (Å²) in [5, 5.41) is 13.9. The Bertz CT molecular complexity index is 801. The third-order valence-electron chi connectivity index (χ3n) is 6.77. The zero-order chi connectivity index (χ0) is 20.6. The first kappa shape index (κ1) is 19.7. The lowest BCUT2D eigenvalue weighted by Gasteiger charge is -2.56. The van der Waals surface area contributed by atoms with E-state index in [2.05, 4.69) is 5.32 Å². The van der Waals surface area contributed by atoms with Gasteiger partial charge >= 0.3 is 5.97 Å². The molecule has 1 N–H and O–H groups in total. The van der Waals surface area contributed by atoms with E-state index in [4.69, 9.17) is 9.47 Å². The Hall–Kier alpha value is -2.64. The fraction of sp³-hybridized carbons (Fsp3) is 0.619. The van der Waals surface area contributed by atoms with Gasteiger partial charge in [0.1, 0.15) is 11.3 Å². The SMILES string of the molecule is COc1ccc([N+](=O)[O-])cc1C(=O)OCC(=O)NCC12CC3CC(CC(C3)C1)C2. The molecule has 0 aromatic heterocycles. The van der Waals surface area contributed by atoms with Crippen molar-refractivity contribution in [1.29, 1.82) is 0 Å². The van der Waals surface area contributed by atoms with Crippen LogP contribution in [0.3, 0.4) is 0 Å². The molecule has 1 aromatic rings. The fourth-order valence-corrected chi connectivity index (χ4v) is 6.02. The first-order valence-electron chi connectivity index (χ1n) is 10.1. The maximum absolute atomic E-state index is 12.3. The van der Waals surface area contributed by atoms with Gasteiger partial charge in [-0.05, 0) is 67.8 Å². The highest BCUT2D eigenvalue weighted by Gasteiger charge is 2.50. The summed E-state index contributed by atoms with van der Waals surface area (Å²) in [6.45, 7) is 0.212. The summed E-state index contributed by atoms with van der Waals surface area (Å²) < 4.78 is 10.2. The number of nitro groups is 1. The van der Waals surface area contributed by atoms with Crippen LogP contribution >= 0.6 is 0 Å². The summed E-state index contributed by atoms with van der Waals surface area (Å²) in [6, 6.07) is 3.67. The normalized spacial score (nSPS) is 29.3.